The number of allylic oxidation sites excluding steroid dienone is 4. The summed E-state index contributed by atoms with van der Waals surface area (Å²) in [5, 5.41) is 11.5. The first-order valence-corrected chi connectivity index (χ1v) is 6.45. The third-order valence-corrected chi connectivity index (χ3v) is 2.47. The summed E-state index contributed by atoms with van der Waals surface area (Å²) in [5.74, 6) is 0. The summed E-state index contributed by atoms with van der Waals surface area (Å²) in [7, 11) is 0. The van der Waals surface area contributed by atoms with Crippen molar-refractivity contribution in [2.45, 2.75) is 32.7 Å². The van der Waals surface area contributed by atoms with Crippen LogP contribution >= 0.6 is 0 Å². The lowest BCUT2D eigenvalue weighted by molar-refractivity contribution is -0.469. The van der Waals surface area contributed by atoms with Gasteiger partial charge in [-0.15, -0.1) is 0 Å². The van der Waals surface area contributed by atoms with Gasteiger partial charge in [0.2, 0.25) is 0 Å². The molecule has 0 heterocycles. The highest BCUT2D eigenvalue weighted by atomic mass is 16.5. The van der Waals surface area contributed by atoms with Crippen molar-refractivity contribution in [3.05, 3.63) is 65.4 Å². The Bertz CT molecular complexity index is 404. The lowest BCUT2D eigenvalue weighted by atomic mass is 10.2. The predicted molar refractivity (Wildman–Crippen MR) is 77.6 cm³/mol. The van der Waals surface area contributed by atoms with Gasteiger partial charge in [0.1, 0.15) is 0 Å². The van der Waals surface area contributed by atoms with Gasteiger partial charge >= 0.3 is 0 Å². The second kappa shape index (κ2) is 9.23. The Labute approximate surface area is 110 Å². The Hall–Kier alpha value is -1.83. The van der Waals surface area contributed by atoms with Gasteiger partial charge in [-0.25, -0.2) is 4.74 Å². The maximum absolute atomic E-state index is 11.5. The molecule has 1 aromatic carbocycles. The molecule has 0 fully saturated rings. The Morgan fingerprint density at radius 1 is 1.06 bits per heavy atom. The number of rotatable bonds is 7. The van der Waals surface area contributed by atoms with Gasteiger partial charge in [-0.05, 0) is 25.3 Å². The monoisotopic (exact) mass is 243 g/mol. The average molecular weight is 243 g/mol. The molecule has 96 valence electrons. The van der Waals surface area contributed by atoms with Crippen LogP contribution in [0.4, 0.5) is 0 Å². The zero-order chi connectivity index (χ0) is 13.1. The fraction of sp³-hybridized carbons (Fsp3) is 0.312. The zero-order valence-corrected chi connectivity index (χ0v) is 11.0. The van der Waals surface area contributed by atoms with Crippen LogP contribution in [0.1, 0.15) is 31.7 Å². The van der Waals surface area contributed by atoms with E-state index in [0.29, 0.717) is 6.54 Å². The highest BCUT2D eigenvalue weighted by Gasteiger charge is 1.94. The maximum atomic E-state index is 11.5. The number of benzene rings is 1. The van der Waals surface area contributed by atoms with E-state index < -0.39 is 0 Å². The second-order valence-corrected chi connectivity index (χ2v) is 4.10. The SMILES string of the molecule is CCC=CCCC=CC=[N+]([O-])Cc1ccccc1. The summed E-state index contributed by atoms with van der Waals surface area (Å²) >= 11 is 0. The summed E-state index contributed by atoms with van der Waals surface area (Å²) in [5.41, 5.74) is 1.03. The molecule has 0 unspecified atom stereocenters. The van der Waals surface area contributed by atoms with Crippen LogP contribution in [-0.2, 0) is 6.54 Å². The van der Waals surface area contributed by atoms with Crippen LogP contribution in [0.3, 0.4) is 0 Å². The molecular formula is C16H21NO. The Balaban J connectivity index is 2.29. The molecule has 1 rings (SSSR count). The minimum atomic E-state index is 0.404. The Morgan fingerprint density at radius 3 is 2.50 bits per heavy atom. The first-order valence-electron chi connectivity index (χ1n) is 6.45. The quantitative estimate of drug-likeness (QED) is 0.177. The van der Waals surface area contributed by atoms with Gasteiger partial charge in [0.15, 0.2) is 12.8 Å². The van der Waals surface area contributed by atoms with Crippen molar-refractivity contribution in [1.82, 2.24) is 0 Å². The van der Waals surface area contributed by atoms with Gasteiger partial charge in [-0.1, -0.05) is 55.5 Å². The highest BCUT2D eigenvalue weighted by Crippen LogP contribution is 1.99. The van der Waals surface area contributed by atoms with E-state index in [1.54, 1.807) is 6.21 Å². The Kier molecular flexibility index (Phi) is 7.29. The molecule has 0 N–H and O–H groups in total. The first-order chi connectivity index (χ1) is 8.83. The van der Waals surface area contributed by atoms with E-state index in [4.69, 9.17) is 0 Å². The molecule has 0 atom stereocenters. The number of nitrogens with zero attached hydrogens (tertiary/aromatic N) is 1. The zero-order valence-electron chi connectivity index (χ0n) is 11.0. The molecule has 0 spiro atoms. The summed E-state index contributed by atoms with van der Waals surface area (Å²) in [6, 6.07) is 9.75. The number of unbranched alkanes of at least 4 members (excludes halogenated alkanes) is 1. The maximum Gasteiger partial charge on any atom is 0.178 e. The molecule has 0 aliphatic rings. The van der Waals surface area contributed by atoms with Crippen LogP contribution in [0, 0.1) is 5.21 Å². The van der Waals surface area contributed by atoms with Gasteiger partial charge in [0.25, 0.3) is 0 Å². The lowest BCUT2D eigenvalue weighted by Crippen LogP contribution is -2.03. The topological polar surface area (TPSA) is 26.1 Å². The predicted octanol–water partition coefficient (Wildman–Crippen LogP) is 4.07. The molecule has 0 saturated heterocycles. The highest BCUT2D eigenvalue weighted by molar-refractivity contribution is 5.66. The molecule has 0 aromatic heterocycles. The molecule has 1 aromatic rings. The number of hydrogen-bond acceptors (Lipinski definition) is 1. The van der Waals surface area contributed by atoms with Crippen molar-refractivity contribution in [3.8, 4) is 0 Å². The average Bonchev–Trinajstić information content (AvgIpc) is 2.39. The van der Waals surface area contributed by atoms with E-state index in [0.717, 1.165) is 29.6 Å². The minimum Gasteiger partial charge on any atom is -0.624 e. The lowest BCUT2D eigenvalue weighted by Gasteiger charge is -2.02. The molecule has 0 amide bonds. The fourth-order valence-corrected chi connectivity index (χ4v) is 1.55. The molecule has 2 nitrogen and oxygen atoms in total. The van der Waals surface area contributed by atoms with E-state index in [9.17, 15) is 5.21 Å². The smallest absolute Gasteiger partial charge is 0.178 e. The van der Waals surface area contributed by atoms with Crippen LogP contribution in [0.2, 0.25) is 0 Å². The minimum absolute atomic E-state index is 0.404. The van der Waals surface area contributed by atoms with E-state index in [-0.39, 0.29) is 0 Å². The van der Waals surface area contributed by atoms with Gasteiger partial charge in [0, 0.05) is 5.56 Å². The number of hydrogen-bond donors (Lipinski definition) is 0. The van der Waals surface area contributed by atoms with Crippen LogP contribution in [0.15, 0.2) is 54.6 Å². The van der Waals surface area contributed by atoms with Crippen LogP contribution in [0.25, 0.3) is 0 Å². The first kappa shape index (κ1) is 14.2. The van der Waals surface area contributed by atoms with Crippen molar-refractivity contribution in [2.75, 3.05) is 0 Å². The Morgan fingerprint density at radius 2 is 1.78 bits per heavy atom. The summed E-state index contributed by atoms with van der Waals surface area (Å²) in [6.07, 6.45) is 12.9. The largest absolute Gasteiger partial charge is 0.624 e. The molecule has 0 saturated carbocycles. The number of hydroxylamine groups is 1. The summed E-state index contributed by atoms with van der Waals surface area (Å²) in [4.78, 5) is 0. The second-order valence-electron chi connectivity index (χ2n) is 4.10. The van der Waals surface area contributed by atoms with E-state index in [1.807, 2.05) is 42.5 Å². The third kappa shape index (κ3) is 6.69. The van der Waals surface area contributed by atoms with Crippen LogP contribution in [0.5, 0.6) is 0 Å². The normalized spacial score (nSPS) is 12.6. The van der Waals surface area contributed by atoms with Gasteiger partial charge in [0.05, 0.1) is 0 Å². The van der Waals surface area contributed by atoms with Crippen molar-refractivity contribution >= 4 is 6.21 Å². The standard InChI is InChI=1S/C16H21NO/c1-2-3-4-5-6-7-11-14-17(18)15-16-12-9-8-10-13-16/h3-4,7-14H,2,5-6,15H2,1H3. The van der Waals surface area contributed by atoms with Crippen molar-refractivity contribution < 1.29 is 4.74 Å². The van der Waals surface area contributed by atoms with E-state index in [1.165, 1.54) is 0 Å². The molecule has 2 heteroatoms. The molecule has 0 radical (unpaired) electrons. The van der Waals surface area contributed by atoms with Gasteiger partial charge < -0.3 is 5.21 Å². The summed E-state index contributed by atoms with van der Waals surface area (Å²) in [6.45, 7) is 2.53. The van der Waals surface area contributed by atoms with Crippen molar-refractivity contribution in [3.63, 3.8) is 0 Å². The van der Waals surface area contributed by atoms with E-state index >= 15 is 0 Å². The molecule has 0 aliphatic carbocycles. The molecule has 0 bridgehead atoms. The van der Waals surface area contributed by atoms with E-state index in [2.05, 4.69) is 19.1 Å². The van der Waals surface area contributed by atoms with Crippen molar-refractivity contribution in [2.24, 2.45) is 0 Å². The molecule has 18 heavy (non-hydrogen) atoms. The van der Waals surface area contributed by atoms with Crippen LogP contribution in [-0.4, -0.2) is 11.0 Å². The molecule has 0 aliphatic heterocycles. The van der Waals surface area contributed by atoms with Gasteiger partial charge in [-0.3, -0.25) is 0 Å². The van der Waals surface area contributed by atoms with Crippen LogP contribution < -0.4 is 0 Å². The fourth-order valence-electron chi connectivity index (χ4n) is 1.55. The molecular weight excluding hydrogens is 222 g/mol. The third-order valence-electron chi connectivity index (χ3n) is 2.47. The van der Waals surface area contributed by atoms with Crippen molar-refractivity contribution in [1.29, 1.82) is 0 Å². The summed E-state index contributed by atoms with van der Waals surface area (Å²) < 4.78 is 0.952. The van der Waals surface area contributed by atoms with Gasteiger partial charge in [-0.2, -0.15) is 0 Å².